The van der Waals surface area contributed by atoms with Crippen LogP contribution in [0.3, 0.4) is 0 Å². The molecule has 1 aromatic heterocycles. The standard InChI is InChI=1S/C25H30N4O2S/c1-6-13-29-24(20-8-10-21(11-9-20)31-15-17(2)3)27-28-25(29)32-16-23(30)26-22-12-7-18(4)14-19(22)5/h6-12,14,17H,1,13,15-16H2,2-5H3,(H,26,30). The molecule has 0 bridgehead atoms. The topological polar surface area (TPSA) is 69.0 Å². The first-order valence-corrected chi connectivity index (χ1v) is 11.6. The van der Waals surface area contributed by atoms with Crippen LogP contribution in [0.1, 0.15) is 25.0 Å². The number of amides is 1. The summed E-state index contributed by atoms with van der Waals surface area (Å²) in [6, 6.07) is 13.8. The molecule has 0 spiro atoms. The molecule has 32 heavy (non-hydrogen) atoms. The summed E-state index contributed by atoms with van der Waals surface area (Å²) in [6.45, 7) is 13.3. The number of benzene rings is 2. The van der Waals surface area contributed by atoms with E-state index in [0.717, 1.165) is 28.4 Å². The number of nitrogens with one attached hydrogen (secondary N) is 1. The second-order valence-electron chi connectivity index (χ2n) is 8.09. The van der Waals surface area contributed by atoms with E-state index in [4.69, 9.17) is 4.74 Å². The van der Waals surface area contributed by atoms with Gasteiger partial charge in [-0.2, -0.15) is 0 Å². The number of thioether (sulfide) groups is 1. The van der Waals surface area contributed by atoms with Crippen LogP contribution in [0.4, 0.5) is 5.69 Å². The summed E-state index contributed by atoms with van der Waals surface area (Å²) >= 11 is 1.36. The van der Waals surface area contributed by atoms with Crippen LogP contribution in [0.15, 0.2) is 60.3 Å². The molecule has 0 aliphatic carbocycles. The summed E-state index contributed by atoms with van der Waals surface area (Å²) in [5.74, 6) is 2.19. The van der Waals surface area contributed by atoms with Crippen molar-refractivity contribution in [2.45, 2.75) is 39.4 Å². The number of carbonyl (C=O) groups is 1. The van der Waals surface area contributed by atoms with Crippen LogP contribution in [-0.2, 0) is 11.3 Å². The minimum absolute atomic E-state index is 0.0803. The quantitative estimate of drug-likeness (QED) is 0.326. The van der Waals surface area contributed by atoms with Gasteiger partial charge in [0.25, 0.3) is 0 Å². The van der Waals surface area contributed by atoms with Crippen molar-refractivity contribution in [1.29, 1.82) is 0 Å². The highest BCUT2D eigenvalue weighted by Gasteiger charge is 2.15. The Bertz CT molecular complexity index is 1070. The van der Waals surface area contributed by atoms with E-state index in [2.05, 4.69) is 42.0 Å². The molecule has 168 valence electrons. The third-order valence-electron chi connectivity index (χ3n) is 4.71. The molecule has 0 saturated heterocycles. The fourth-order valence-corrected chi connectivity index (χ4v) is 3.88. The third-order valence-corrected chi connectivity index (χ3v) is 5.68. The lowest BCUT2D eigenvalue weighted by molar-refractivity contribution is -0.113. The summed E-state index contributed by atoms with van der Waals surface area (Å²) in [7, 11) is 0. The molecule has 2 aromatic carbocycles. The fraction of sp³-hybridized carbons (Fsp3) is 0.320. The smallest absolute Gasteiger partial charge is 0.234 e. The van der Waals surface area contributed by atoms with Crippen LogP contribution in [0.2, 0.25) is 0 Å². The molecule has 0 aliphatic rings. The minimum atomic E-state index is -0.0803. The molecule has 7 heteroatoms. The van der Waals surface area contributed by atoms with Gasteiger partial charge in [0.1, 0.15) is 5.75 Å². The third kappa shape index (κ3) is 6.23. The van der Waals surface area contributed by atoms with E-state index in [-0.39, 0.29) is 11.7 Å². The number of ether oxygens (including phenoxy) is 1. The van der Waals surface area contributed by atoms with Crippen LogP contribution < -0.4 is 10.1 Å². The molecule has 3 aromatic rings. The Morgan fingerprint density at radius 1 is 1.19 bits per heavy atom. The highest BCUT2D eigenvalue weighted by atomic mass is 32.2. The first-order chi connectivity index (χ1) is 15.4. The Morgan fingerprint density at radius 2 is 1.94 bits per heavy atom. The predicted octanol–water partition coefficient (Wildman–Crippen LogP) is 5.51. The Hall–Kier alpha value is -3.06. The number of carbonyl (C=O) groups excluding carboxylic acids is 1. The van der Waals surface area contributed by atoms with Crippen molar-refractivity contribution >= 4 is 23.4 Å². The molecule has 3 rings (SSSR count). The highest BCUT2D eigenvalue weighted by molar-refractivity contribution is 7.99. The van der Waals surface area contributed by atoms with E-state index in [0.29, 0.717) is 24.2 Å². The SMILES string of the molecule is C=CCn1c(SCC(=O)Nc2ccc(C)cc2C)nnc1-c1ccc(OCC(C)C)cc1. The number of anilines is 1. The molecule has 1 amide bonds. The summed E-state index contributed by atoms with van der Waals surface area (Å²) < 4.78 is 7.73. The van der Waals surface area contributed by atoms with Crippen molar-refractivity contribution in [2.24, 2.45) is 5.92 Å². The van der Waals surface area contributed by atoms with Crippen molar-refractivity contribution < 1.29 is 9.53 Å². The molecule has 0 aliphatic heterocycles. The number of rotatable bonds is 10. The van der Waals surface area contributed by atoms with Gasteiger partial charge in [0.05, 0.1) is 12.4 Å². The molecular weight excluding hydrogens is 420 g/mol. The summed E-state index contributed by atoms with van der Waals surface area (Å²) in [5, 5.41) is 12.3. The maximum absolute atomic E-state index is 12.5. The molecular formula is C25H30N4O2S. The number of hydrogen-bond acceptors (Lipinski definition) is 5. The van der Waals surface area contributed by atoms with E-state index >= 15 is 0 Å². The van der Waals surface area contributed by atoms with Crippen LogP contribution in [0.5, 0.6) is 5.75 Å². The lowest BCUT2D eigenvalue weighted by atomic mass is 10.1. The van der Waals surface area contributed by atoms with Gasteiger partial charge >= 0.3 is 0 Å². The summed E-state index contributed by atoms with van der Waals surface area (Å²) in [5.41, 5.74) is 3.97. The van der Waals surface area contributed by atoms with Gasteiger partial charge in [-0.25, -0.2) is 0 Å². The molecule has 1 N–H and O–H groups in total. The van der Waals surface area contributed by atoms with Crippen LogP contribution >= 0.6 is 11.8 Å². The Kier molecular flexibility index (Phi) is 8.11. The number of aromatic nitrogens is 3. The number of hydrogen-bond donors (Lipinski definition) is 1. The maximum Gasteiger partial charge on any atom is 0.234 e. The molecule has 0 fully saturated rings. The van der Waals surface area contributed by atoms with E-state index in [1.54, 1.807) is 6.08 Å². The van der Waals surface area contributed by atoms with Gasteiger partial charge in [0, 0.05) is 17.8 Å². The van der Waals surface area contributed by atoms with E-state index in [1.807, 2.05) is 54.8 Å². The van der Waals surface area contributed by atoms with E-state index in [1.165, 1.54) is 17.3 Å². The zero-order valence-electron chi connectivity index (χ0n) is 19.1. The lowest BCUT2D eigenvalue weighted by Gasteiger charge is -2.11. The van der Waals surface area contributed by atoms with Gasteiger partial charge in [-0.1, -0.05) is 49.4 Å². The Morgan fingerprint density at radius 3 is 2.59 bits per heavy atom. The van der Waals surface area contributed by atoms with Crippen molar-refractivity contribution in [2.75, 3.05) is 17.7 Å². The number of nitrogens with zero attached hydrogens (tertiary/aromatic N) is 3. The first kappa shape index (κ1) is 23.6. The molecule has 6 nitrogen and oxygen atoms in total. The number of allylic oxidation sites excluding steroid dienone is 1. The van der Waals surface area contributed by atoms with Gasteiger partial charge in [-0.05, 0) is 55.7 Å². The Balaban J connectivity index is 1.69. The van der Waals surface area contributed by atoms with Crippen LogP contribution in [0, 0.1) is 19.8 Å². The molecule has 1 heterocycles. The monoisotopic (exact) mass is 450 g/mol. The van der Waals surface area contributed by atoms with Gasteiger partial charge in [-0.15, -0.1) is 16.8 Å². The van der Waals surface area contributed by atoms with Crippen molar-refractivity contribution in [3.8, 4) is 17.1 Å². The predicted molar refractivity (Wildman–Crippen MR) is 131 cm³/mol. The zero-order valence-corrected chi connectivity index (χ0v) is 19.9. The van der Waals surface area contributed by atoms with Crippen molar-refractivity contribution in [3.05, 3.63) is 66.2 Å². The lowest BCUT2D eigenvalue weighted by Crippen LogP contribution is -2.15. The molecule has 0 unspecified atom stereocenters. The van der Waals surface area contributed by atoms with Crippen molar-refractivity contribution in [3.63, 3.8) is 0 Å². The maximum atomic E-state index is 12.5. The van der Waals surface area contributed by atoms with Crippen LogP contribution in [0.25, 0.3) is 11.4 Å². The molecule has 0 radical (unpaired) electrons. The second-order valence-corrected chi connectivity index (χ2v) is 9.03. The first-order valence-electron chi connectivity index (χ1n) is 10.6. The zero-order chi connectivity index (χ0) is 23.1. The second kappa shape index (κ2) is 11.0. The summed E-state index contributed by atoms with van der Waals surface area (Å²) in [6.07, 6.45) is 1.80. The minimum Gasteiger partial charge on any atom is -0.493 e. The fourth-order valence-electron chi connectivity index (χ4n) is 3.14. The highest BCUT2D eigenvalue weighted by Crippen LogP contribution is 2.26. The number of aryl methyl sites for hydroxylation is 2. The Labute approximate surface area is 194 Å². The average Bonchev–Trinajstić information content (AvgIpc) is 3.16. The van der Waals surface area contributed by atoms with Gasteiger partial charge in [0.2, 0.25) is 5.91 Å². The van der Waals surface area contributed by atoms with Gasteiger partial charge < -0.3 is 10.1 Å². The van der Waals surface area contributed by atoms with Gasteiger partial charge in [-0.3, -0.25) is 9.36 Å². The van der Waals surface area contributed by atoms with Gasteiger partial charge in [0.15, 0.2) is 11.0 Å². The van der Waals surface area contributed by atoms with Crippen molar-refractivity contribution in [1.82, 2.24) is 14.8 Å². The average molecular weight is 451 g/mol. The van der Waals surface area contributed by atoms with E-state index in [9.17, 15) is 4.79 Å². The van der Waals surface area contributed by atoms with E-state index < -0.39 is 0 Å². The largest absolute Gasteiger partial charge is 0.493 e. The molecule has 0 atom stereocenters. The summed E-state index contributed by atoms with van der Waals surface area (Å²) in [4.78, 5) is 12.5. The normalized spacial score (nSPS) is 10.9. The molecule has 0 saturated carbocycles. The van der Waals surface area contributed by atoms with Crippen LogP contribution in [-0.4, -0.2) is 33.0 Å².